The van der Waals surface area contributed by atoms with Gasteiger partial charge in [0.05, 0.1) is 18.1 Å². The molecule has 116 valence electrons. The zero-order valence-electron chi connectivity index (χ0n) is 12.0. The second-order valence-electron chi connectivity index (χ2n) is 5.75. The zero-order valence-corrected chi connectivity index (χ0v) is 12.8. The van der Waals surface area contributed by atoms with Crippen molar-refractivity contribution >= 4 is 17.6 Å². The van der Waals surface area contributed by atoms with Crippen LogP contribution in [0.2, 0.25) is 5.02 Å². The molecule has 2 rings (SSSR count). The van der Waals surface area contributed by atoms with E-state index in [1.165, 1.54) is 13.2 Å². The van der Waals surface area contributed by atoms with Crippen molar-refractivity contribution in [1.29, 1.82) is 0 Å². The SMILES string of the molecule is COC(=O)C1CC(c2ccc(OC(F)F)c(Cl)c2)C1(C)C. The first-order chi connectivity index (χ1) is 9.77. The average molecular weight is 319 g/mol. The molecule has 1 aromatic carbocycles. The minimum atomic E-state index is -2.91. The van der Waals surface area contributed by atoms with Crippen LogP contribution in [0.4, 0.5) is 8.78 Å². The first-order valence-electron chi connectivity index (χ1n) is 6.59. The Kier molecular flexibility index (Phi) is 4.42. The Labute approximate surface area is 127 Å². The van der Waals surface area contributed by atoms with Crippen molar-refractivity contribution in [3.8, 4) is 5.75 Å². The highest BCUT2D eigenvalue weighted by Gasteiger charge is 2.52. The quantitative estimate of drug-likeness (QED) is 0.779. The fourth-order valence-electron chi connectivity index (χ4n) is 2.96. The summed E-state index contributed by atoms with van der Waals surface area (Å²) in [5.41, 5.74) is 0.647. The van der Waals surface area contributed by atoms with Gasteiger partial charge in [-0.25, -0.2) is 0 Å². The van der Waals surface area contributed by atoms with E-state index < -0.39 is 6.61 Å². The second kappa shape index (κ2) is 5.79. The van der Waals surface area contributed by atoms with Crippen molar-refractivity contribution in [3.63, 3.8) is 0 Å². The molecule has 0 spiro atoms. The summed E-state index contributed by atoms with van der Waals surface area (Å²) >= 11 is 5.97. The molecule has 1 aromatic rings. The fraction of sp³-hybridized carbons (Fsp3) is 0.533. The van der Waals surface area contributed by atoms with Crippen LogP contribution < -0.4 is 4.74 Å². The van der Waals surface area contributed by atoms with Crippen molar-refractivity contribution in [2.75, 3.05) is 7.11 Å². The molecule has 0 N–H and O–H groups in total. The summed E-state index contributed by atoms with van der Waals surface area (Å²) in [7, 11) is 1.37. The molecule has 0 radical (unpaired) electrons. The van der Waals surface area contributed by atoms with Crippen LogP contribution in [0.3, 0.4) is 0 Å². The van der Waals surface area contributed by atoms with Crippen LogP contribution in [-0.4, -0.2) is 19.7 Å². The van der Waals surface area contributed by atoms with Gasteiger partial charge in [0.25, 0.3) is 0 Å². The van der Waals surface area contributed by atoms with Gasteiger partial charge in [0.15, 0.2) is 0 Å². The number of esters is 1. The highest BCUT2D eigenvalue weighted by Crippen LogP contribution is 2.57. The first kappa shape index (κ1) is 16.0. The summed E-state index contributed by atoms with van der Waals surface area (Å²) in [5.74, 6) is -0.306. The molecule has 0 saturated heterocycles. The third kappa shape index (κ3) is 2.98. The maximum absolute atomic E-state index is 12.2. The molecule has 21 heavy (non-hydrogen) atoms. The summed E-state index contributed by atoms with van der Waals surface area (Å²) < 4.78 is 33.5. The molecule has 2 unspecified atom stereocenters. The minimum Gasteiger partial charge on any atom is -0.469 e. The van der Waals surface area contributed by atoms with E-state index in [-0.39, 0.29) is 34.0 Å². The molecule has 1 aliphatic rings. The van der Waals surface area contributed by atoms with Gasteiger partial charge in [0.1, 0.15) is 5.75 Å². The number of benzene rings is 1. The topological polar surface area (TPSA) is 35.5 Å². The summed E-state index contributed by atoms with van der Waals surface area (Å²) in [4.78, 5) is 11.7. The molecular formula is C15H17ClF2O3. The normalized spacial score (nSPS) is 23.6. The summed E-state index contributed by atoms with van der Waals surface area (Å²) in [6, 6.07) is 4.77. The van der Waals surface area contributed by atoms with Crippen LogP contribution in [-0.2, 0) is 9.53 Å². The predicted molar refractivity (Wildman–Crippen MR) is 74.7 cm³/mol. The molecule has 2 atom stereocenters. The highest BCUT2D eigenvalue weighted by molar-refractivity contribution is 6.32. The standard InChI is InChI=1S/C15H17ClF2O3/c1-15(2)9(7-10(15)13(19)20-3)8-4-5-12(11(16)6-8)21-14(17)18/h4-6,9-10,14H,7H2,1-3H3. The molecule has 0 heterocycles. The van der Waals surface area contributed by atoms with Crippen molar-refractivity contribution in [2.45, 2.75) is 32.8 Å². The number of hydrogen-bond donors (Lipinski definition) is 0. The number of halogens is 3. The number of alkyl halides is 2. The Morgan fingerprint density at radius 1 is 1.43 bits per heavy atom. The van der Waals surface area contributed by atoms with Crippen molar-refractivity contribution in [2.24, 2.45) is 11.3 Å². The lowest BCUT2D eigenvalue weighted by Crippen LogP contribution is -2.47. The zero-order chi connectivity index (χ0) is 15.8. The maximum Gasteiger partial charge on any atom is 0.387 e. The minimum absolute atomic E-state index is 0.0444. The molecule has 3 nitrogen and oxygen atoms in total. The third-order valence-electron chi connectivity index (χ3n) is 4.33. The number of rotatable bonds is 4. The number of methoxy groups -OCH3 is 1. The molecule has 0 aromatic heterocycles. The van der Waals surface area contributed by atoms with E-state index in [4.69, 9.17) is 16.3 Å². The van der Waals surface area contributed by atoms with Crippen LogP contribution in [0.5, 0.6) is 5.75 Å². The number of ether oxygens (including phenoxy) is 2. The fourth-order valence-corrected chi connectivity index (χ4v) is 3.19. The van der Waals surface area contributed by atoms with Crippen molar-refractivity contribution in [3.05, 3.63) is 28.8 Å². The lowest BCUT2D eigenvalue weighted by atomic mass is 9.53. The monoisotopic (exact) mass is 318 g/mol. The number of carbonyl (C=O) groups is 1. The van der Waals surface area contributed by atoms with Gasteiger partial charge >= 0.3 is 12.6 Å². The van der Waals surface area contributed by atoms with Gasteiger partial charge in [0.2, 0.25) is 0 Å². The van der Waals surface area contributed by atoms with E-state index in [2.05, 4.69) is 4.74 Å². The maximum atomic E-state index is 12.2. The van der Waals surface area contributed by atoms with Gasteiger partial charge in [-0.1, -0.05) is 31.5 Å². The molecule has 0 aliphatic heterocycles. The van der Waals surface area contributed by atoms with E-state index in [1.807, 2.05) is 13.8 Å². The van der Waals surface area contributed by atoms with Gasteiger partial charge in [-0.2, -0.15) is 8.78 Å². The summed E-state index contributed by atoms with van der Waals surface area (Å²) in [6.45, 7) is 1.07. The lowest BCUT2D eigenvalue weighted by molar-refractivity contribution is -0.158. The Morgan fingerprint density at radius 3 is 2.57 bits per heavy atom. The molecule has 1 fully saturated rings. The van der Waals surface area contributed by atoms with Gasteiger partial charge < -0.3 is 9.47 Å². The smallest absolute Gasteiger partial charge is 0.387 e. The van der Waals surface area contributed by atoms with E-state index >= 15 is 0 Å². The van der Waals surface area contributed by atoms with Gasteiger partial charge in [-0.05, 0) is 35.4 Å². The van der Waals surface area contributed by atoms with Crippen LogP contribution in [0.15, 0.2) is 18.2 Å². The van der Waals surface area contributed by atoms with Gasteiger partial charge in [0, 0.05) is 0 Å². The number of hydrogen-bond acceptors (Lipinski definition) is 3. The van der Waals surface area contributed by atoms with Crippen molar-refractivity contribution in [1.82, 2.24) is 0 Å². The Bertz CT molecular complexity index is 546. The van der Waals surface area contributed by atoms with Crippen LogP contribution in [0.25, 0.3) is 0 Å². The average Bonchev–Trinajstić information content (AvgIpc) is 2.40. The van der Waals surface area contributed by atoms with E-state index in [0.717, 1.165) is 5.56 Å². The number of carbonyl (C=O) groups excluding carboxylic acids is 1. The highest BCUT2D eigenvalue weighted by atomic mass is 35.5. The first-order valence-corrected chi connectivity index (χ1v) is 6.97. The largest absolute Gasteiger partial charge is 0.469 e. The Balaban J connectivity index is 2.17. The van der Waals surface area contributed by atoms with Crippen LogP contribution in [0, 0.1) is 11.3 Å². The van der Waals surface area contributed by atoms with E-state index in [1.54, 1.807) is 12.1 Å². The molecule has 1 aliphatic carbocycles. The van der Waals surface area contributed by atoms with Crippen molar-refractivity contribution < 1.29 is 23.0 Å². The van der Waals surface area contributed by atoms with E-state index in [0.29, 0.717) is 6.42 Å². The molecule has 0 bridgehead atoms. The van der Waals surface area contributed by atoms with Gasteiger partial charge in [-0.15, -0.1) is 0 Å². The molecule has 1 saturated carbocycles. The lowest BCUT2D eigenvalue weighted by Gasteiger charge is -2.50. The van der Waals surface area contributed by atoms with Crippen LogP contribution >= 0.6 is 11.6 Å². The van der Waals surface area contributed by atoms with Gasteiger partial charge in [-0.3, -0.25) is 4.79 Å². The molecule has 0 amide bonds. The second-order valence-corrected chi connectivity index (χ2v) is 6.16. The Hall–Kier alpha value is -1.36. The Morgan fingerprint density at radius 2 is 2.10 bits per heavy atom. The summed E-state index contributed by atoms with van der Waals surface area (Å²) in [6.07, 6.45) is 0.658. The third-order valence-corrected chi connectivity index (χ3v) is 4.62. The summed E-state index contributed by atoms with van der Waals surface area (Å²) in [5, 5.41) is 0.144. The van der Waals surface area contributed by atoms with Crippen LogP contribution in [0.1, 0.15) is 31.7 Å². The molecule has 6 heteroatoms. The van der Waals surface area contributed by atoms with E-state index in [9.17, 15) is 13.6 Å². The predicted octanol–water partition coefficient (Wildman–Crippen LogP) is 4.24. The molecular weight excluding hydrogens is 302 g/mol.